The van der Waals surface area contributed by atoms with Crippen molar-refractivity contribution in [3.8, 4) is 0 Å². The number of nitrogens with one attached hydrogen (secondary N) is 2. The second-order valence-corrected chi connectivity index (χ2v) is 15.1. The van der Waals surface area contributed by atoms with Crippen molar-refractivity contribution < 1.29 is 20.6 Å². The Kier molecular flexibility index (Phi) is 14.8. The lowest BCUT2D eigenvalue weighted by Crippen LogP contribution is -2.43. The molecule has 0 radical (unpaired) electrons. The fourth-order valence-corrected chi connectivity index (χ4v) is 7.17. The first-order valence-electron chi connectivity index (χ1n) is 19.3. The van der Waals surface area contributed by atoms with Crippen LogP contribution in [0.1, 0.15) is 102 Å². The second-order valence-electron chi connectivity index (χ2n) is 15.1. The molecule has 0 bridgehead atoms. The Morgan fingerprint density at radius 3 is 2.24 bits per heavy atom. The van der Waals surface area contributed by atoms with E-state index in [0.29, 0.717) is 44.3 Å². The highest BCUT2D eigenvalue weighted by Crippen LogP contribution is 2.31. The predicted molar refractivity (Wildman–Crippen MR) is 203 cm³/mol. The molecule has 7 nitrogen and oxygen atoms in total. The van der Waals surface area contributed by atoms with Crippen LogP contribution in [0.4, 0.5) is 0 Å². The van der Waals surface area contributed by atoms with Crippen molar-refractivity contribution in [3.05, 3.63) is 83.4 Å². The summed E-state index contributed by atoms with van der Waals surface area (Å²) in [5.74, 6) is 0.618. The van der Waals surface area contributed by atoms with E-state index in [-0.39, 0.29) is 47.4 Å². The Morgan fingerprint density at radius 1 is 0.860 bits per heavy atom. The van der Waals surface area contributed by atoms with Gasteiger partial charge in [0.2, 0.25) is 5.91 Å². The van der Waals surface area contributed by atoms with E-state index in [4.69, 9.17) is 1.41 Å². The van der Waals surface area contributed by atoms with Gasteiger partial charge in [-0.3, -0.25) is 19.2 Å². The van der Waals surface area contributed by atoms with E-state index >= 15 is 0 Å². The van der Waals surface area contributed by atoms with Crippen LogP contribution in [0.15, 0.2) is 66.7 Å². The van der Waals surface area contributed by atoms with E-state index < -0.39 is 6.04 Å². The number of hydrogen-bond donors (Lipinski definition) is 3. The molecule has 1 aliphatic carbocycles. The van der Waals surface area contributed by atoms with Crippen LogP contribution in [0.2, 0.25) is 1.41 Å². The third kappa shape index (κ3) is 12.3. The highest BCUT2D eigenvalue weighted by molar-refractivity contribution is 5.89. The summed E-state index contributed by atoms with van der Waals surface area (Å²) in [6.45, 7) is 9.48. The maximum atomic E-state index is 13.3. The Morgan fingerprint density at radius 2 is 1.56 bits per heavy atom. The fourth-order valence-electron chi connectivity index (χ4n) is 7.17. The van der Waals surface area contributed by atoms with Crippen LogP contribution in [0.25, 0.3) is 10.8 Å². The van der Waals surface area contributed by atoms with Crippen molar-refractivity contribution in [3.63, 3.8) is 0 Å². The summed E-state index contributed by atoms with van der Waals surface area (Å²) in [7, 11) is 0. The second kappa shape index (κ2) is 19.6. The quantitative estimate of drug-likeness (QED) is 0.103. The lowest BCUT2D eigenvalue weighted by molar-refractivity contribution is -0.129. The minimum Gasteiger partial charge on any atom is -0.354 e. The molecule has 0 saturated heterocycles. The molecule has 4 rings (SSSR count). The first kappa shape index (κ1) is 37.6. The molecule has 3 unspecified atom stereocenters. The summed E-state index contributed by atoms with van der Waals surface area (Å²) < 4.78 is 7.69. The van der Waals surface area contributed by atoms with E-state index in [1.165, 1.54) is 5.56 Å². The smallest absolute Gasteiger partial charge is 0.236 e. The Labute approximate surface area is 301 Å². The molecule has 1 fully saturated rings. The summed E-state index contributed by atoms with van der Waals surface area (Å²) in [6, 6.07) is 22.2. The van der Waals surface area contributed by atoms with E-state index in [2.05, 4.69) is 84.8 Å². The van der Waals surface area contributed by atoms with Gasteiger partial charge in [0.15, 0.2) is 5.78 Å². The topological polar surface area (TPSA) is 118 Å². The van der Waals surface area contributed by atoms with Crippen LogP contribution in [0, 0.1) is 23.7 Å². The zero-order chi connectivity index (χ0) is 36.8. The van der Waals surface area contributed by atoms with E-state index in [0.717, 1.165) is 66.8 Å². The van der Waals surface area contributed by atoms with Gasteiger partial charge in [0.25, 0.3) is 0 Å². The molecule has 4 N–H and O–H groups in total. The van der Waals surface area contributed by atoms with Gasteiger partial charge in [-0.2, -0.15) is 0 Å². The molecule has 0 heterocycles. The summed E-state index contributed by atoms with van der Waals surface area (Å²) in [5, 5.41) is 8.58. The molecule has 1 saturated carbocycles. The number of fused-ring (bicyclic) bond motifs is 1. The van der Waals surface area contributed by atoms with Crippen LogP contribution < -0.4 is 16.4 Å². The number of amides is 1. The highest BCUT2D eigenvalue weighted by atomic mass is 16.2. The maximum absolute atomic E-state index is 13.3. The summed E-state index contributed by atoms with van der Waals surface area (Å²) in [6.07, 6.45) is 7.27. The van der Waals surface area contributed by atoms with Crippen LogP contribution >= 0.6 is 0 Å². The molecule has 3 aromatic carbocycles. The van der Waals surface area contributed by atoms with Crippen LogP contribution in [-0.4, -0.2) is 48.9 Å². The minimum atomic E-state index is -0.589. The third-order valence-electron chi connectivity index (χ3n) is 10.5. The van der Waals surface area contributed by atoms with Crippen LogP contribution in [0.5, 0.6) is 0 Å². The average molecular weight is 683 g/mol. The lowest BCUT2D eigenvalue weighted by Gasteiger charge is -2.29. The van der Waals surface area contributed by atoms with Crippen molar-refractivity contribution in [1.82, 2.24) is 10.6 Å². The zero-order valence-electron chi connectivity index (χ0n) is 31.6. The molecular weight excluding hydrogens is 622 g/mol. The van der Waals surface area contributed by atoms with Crippen molar-refractivity contribution in [2.24, 2.45) is 29.4 Å². The first-order chi connectivity index (χ1) is 24.5. The van der Waals surface area contributed by atoms with Gasteiger partial charge in [-0.05, 0) is 104 Å². The van der Waals surface area contributed by atoms with Crippen molar-refractivity contribution in [2.75, 3.05) is 19.6 Å². The van der Waals surface area contributed by atoms with Crippen molar-refractivity contribution in [1.29, 1.82) is 0 Å². The highest BCUT2D eigenvalue weighted by Gasteiger charge is 2.29. The summed E-state index contributed by atoms with van der Waals surface area (Å²) in [5.41, 5.74) is 5.82. The Balaban J connectivity index is 1.09. The third-order valence-corrected chi connectivity index (χ3v) is 10.5. The standard InChI is InChI=1S/C43H59N3O4/c1-29(2)23-32-12-17-35(18-13-32)30(3)42(49)28-45-22-8-7-11-40(44)43(50)46-27-33-14-20-37(21-15-33)41(48)26-39(31(4)47)25-34-16-19-36-9-5-6-10-38(36)24-34/h5-6,9-10,12-13,16-19,24,29-30,33,37,39-40,45H,7-8,11,14-15,20-23,25-28,44H2,1-4H3,(H,46,50)/i/hD. The molecule has 0 aromatic heterocycles. The number of hydrogen-bond acceptors (Lipinski definition) is 6. The number of benzene rings is 3. The van der Waals surface area contributed by atoms with Gasteiger partial charge in [-0.25, -0.2) is 0 Å². The number of carbonyl (C=O) groups excluding carboxylic acids is 4. The fraction of sp³-hybridized carbons (Fsp3) is 0.535. The van der Waals surface area contributed by atoms with Gasteiger partial charge in [-0.15, -0.1) is 0 Å². The number of rotatable bonds is 21. The van der Waals surface area contributed by atoms with Crippen LogP contribution in [-0.2, 0) is 32.0 Å². The summed E-state index contributed by atoms with van der Waals surface area (Å²) in [4.78, 5) is 51.4. The molecule has 3 atom stereocenters. The van der Waals surface area contributed by atoms with Crippen molar-refractivity contribution >= 4 is 34.0 Å². The molecule has 0 aliphatic heterocycles. The molecular formula is C43H59N3O4. The number of unbranched alkanes of at least 4 members (excludes halogenated alkanes) is 1. The Bertz CT molecular complexity index is 1580. The average Bonchev–Trinajstić information content (AvgIpc) is 3.13. The number of nitrogens with two attached hydrogens (primary N) is 1. The number of Topliss-reactive ketones (excluding diaryl/α,β-unsaturated/α-hetero) is 3. The van der Waals surface area contributed by atoms with Gasteiger partial charge < -0.3 is 16.4 Å². The zero-order valence-corrected chi connectivity index (χ0v) is 30.6. The van der Waals surface area contributed by atoms with Gasteiger partial charge in [0.1, 0.15) is 13.0 Å². The predicted octanol–water partition coefficient (Wildman–Crippen LogP) is 7.13. The monoisotopic (exact) mass is 682 g/mol. The van der Waals surface area contributed by atoms with Gasteiger partial charge >= 0.3 is 0 Å². The van der Waals surface area contributed by atoms with Crippen LogP contribution in [0.3, 0.4) is 0 Å². The molecule has 0 spiro atoms. The van der Waals surface area contributed by atoms with E-state index in [9.17, 15) is 19.2 Å². The number of ketones is 3. The van der Waals surface area contributed by atoms with Gasteiger partial charge in [0, 0.05) is 30.7 Å². The Hall–Kier alpha value is -3.68. The molecule has 50 heavy (non-hydrogen) atoms. The largest absolute Gasteiger partial charge is 0.354 e. The number of carbonyl (C=O) groups is 4. The molecule has 1 aliphatic rings. The molecule has 3 aromatic rings. The normalized spacial score (nSPS) is 18.3. The SMILES string of the molecule is [2H]NC(CCCCNCC(=O)C(C)c1ccc(CC(C)C)cc1)C(=O)NCC1CCC(C(=O)CC(Cc2ccc3ccccc3c2)C(C)=O)CC1. The van der Waals surface area contributed by atoms with Crippen molar-refractivity contribution in [2.45, 2.75) is 104 Å². The molecule has 7 heteroatoms. The molecule has 1 amide bonds. The minimum absolute atomic E-state index is 0.0358. The molecule has 270 valence electrons. The van der Waals surface area contributed by atoms with Gasteiger partial charge in [-0.1, -0.05) is 93.9 Å². The first-order valence-corrected chi connectivity index (χ1v) is 18.8. The lowest BCUT2D eigenvalue weighted by atomic mass is 9.77. The van der Waals surface area contributed by atoms with Gasteiger partial charge in [0.05, 0.1) is 12.6 Å². The summed E-state index contributed by atoms with van der Waals surface area (Å²) >= 11 is 0. The van der Waals surface area contributed by atoms with E-state index in [1.807, 2.05) is 19.1 Å². The van der Waals surface area contributed by atoms with E-state index in [1.54, 1.807) is 6.92 Å². The maximum Gasteiger partial charge on any atom is 0.236 e.